The topological polar surface area (TPSA) is 67.4 Å². The number of nitrogens with one attached hydrogen (secondary N) is 1. The fourth-order valence-corrected chi connectivity index (χ4v) is 3.86. The standard InChI is InChI=1S/C18H24N4O2S/c1-3-16-17(25-21-20-16)18(23)19-14-7-5-9-22(12-14)11-13-6-4-8-15(10-13)24-2/h4,6,8,10,14H,3,5,7,9,11-12H2,1-2H3,(H,19,23). The van der Waals surface area contributed by atoms with E-state index < -0.39 is 0 Å². The van der Waals surface area contributed by atoms with Gasteiger partial charge in [0, 0.05) is 19.1 Å². The minimum atomic E-state index is -0.0416. The summed E-state index contributed by atoms with van der Waals surface area (Å²) < 4.78 is 9.20. The van der Waals surface area contributed by atoms with Crippen LogP contribution >= 0.6 is 11.5 Å². The molecular formula is C18H24N4O2S. The summed E-state index contributed by atoms with van der Waals surface area (Å²) >= 11 is 1.18. The molecule has 3 rings (SSSR count). The minimum Gasteiger partial charge on any atom is -0.497 e. The zero-order chi connectivity index (χ0) is 17.6. The molecule has 1 amide bonds. The number of hydrogen-bond donors (Lipinski definition) is 1. The number of ether oxygens (including phenoxy) is 1. The van der Waals surface area contributed by atoms with Gasteiger partial charge in [0.15, 0.2) is 0 Å². The predicted octanol–water partition coefficient (Wildman–Crippen LogP) is 2.50. The molecule has 1 aliphatic rings. The van der Waals surface area contributed by atoms with Crippen molar-refractivity contribution in [3.8, 4) is 5.75 Å². The third-order valence-electron chi connectivity index (χ3n) is 4.48. The molecule has 2 aromatic rings. The summed E-state index contributed by atoms with van der Waals surface area (Å²) in [5.74, 6) is 0.837. The lowest BCUT2D eigenvalue weighted by molar-refractivity contribution is 0.0904. The first-order chi connectivity index (χ1) is 12.2. The maximum Gasteiger partial charge on any atom is 0.265 e. The second-order valence-corrected chi connectivity index (χ2v) is 7.06. The fraction of sp³-hybridized carbons (Fsp3) is 0.500. The first kappa shape index (κ1) is 17.8. The van der Waals surface area contributed by atoms with Gasteiger partial charge in [-0.3, -0.25) is 9.69 Å². The SMILES string of the molecule is CCc1nnsc1C(=O)NC1CCCN(Cc2cccc(OC)c2)C1. The van der Waals surface area contributed by atoms with E-state index in [9.17, 15) is 4.79 Å². The number of hydrogen-bond acceptors (Lipinski definition) is 6. The van der Waals surface area contributed by atoms with E-state index in [4.69, 9.17) is 4.74 Å². The first-order valence-corrected chi connectivity index (χ1v) is 9.44. The van der Waals surface area contributed by atoms with Crippen molar-refractivity contribution in [2.24, 2.45) is 0 Å². The van der Waals surface area contributed by atoms with Crippen molar-refractivity contribution in [2.45, 2.75) is 38.8 Å². The molecule has 7 heteroatoms. The van der Waals surface area contributed by atoms with Gasteiger partial charge in [-0.1, -0.05) is 23.5 Å². The maximum absolute atomic E-state index is 12.5. The summed E-state index contributed by atoms with van der Waals surface area (Å²) in [6, 6.07) is 8.32. The highest BCUT2D eigenvalue weighted by molar-refractivity contribution is 7.08. The zero-order valence-corrected chi connectivity index (χ0v) is 15.5. The quantitative estimate of drug-likeness (QED) is 0.857. The highest BCUT2D eigenvalue weighted by Crippen LogP contribution is 2.18. The van der Waals surface area contributed by atoms with Crippen LogP contribution in [0.2, 0.25) is 0 Å². The van der Waals surface area contributed by atoms with Crippen LogP contribution in [0.5, 0.6) is 5.75 Å². The summed E-state index contributed by atoms with van der Waals surface area (Å²) in [5, 5.41) is 7.18. The van der Waals surface area contributed by atoms with E-state index in [1.54, 1.807) is 7.11 Å². The molecule has 2 heterocycles. The van der Waals surface area contributed by atoms with Crippen LogP contribution < -0.4 is 10.1 Å². The van der Waals surface area contributed by atoms with E-state index in [0.29, 0.717) is 4.88 Å². The number of piperidine rings is 1. The molecule has 1 aromatic heterocycles. The highest BCUT2D eigenvalue weighted by Gasteiger charge is 2.24. The summed E-state index contributed by atoms with van der Waals surface area (Å²) in [5.41, 5.74) is 2.01. The van der Waals surface area contributed by atoms with Gasteiger partial charge in [-0.05, 0) is 55.0 Å². The molecule has 1 atom stereocenters. The van der Waals surface area contributed by atoms with Crippen LogP contribution in [-0.2, 0) is 13.0 Å². The van der Waals surface area contributed by atoms with Crippen molar-refractivity contribution in [2.75, 3.05) is 20.2 Å². The summed E-state index contributed by atoms with van der Waals surface area (Å²) in [7, 11) is 1.68. The summed E-state index contributed by atoms with van der Waals surface area (Å²) in [6.07, 6.45) is 2.82. The van der Waals surface area contributed by atoms with Crippen LogP contribution in [0.25, 0.3) is 0 Å². The maximum atomic E-state index is 12.5. The van der Waals surface area contributed by atoms with E-state index in [2.05, 4.69) is 31.9 Å². The van der Waals surface area contributed by atoms with Gasteiger partial charge in [-0.15, -0.1) is 5.10 Å². The first-order valence-electron chi connectivity index (χ1n) is 8.67. The van der Waals surface area contributed by atoms with Crippen molar-refractivity contribution in [1.82, 2.24) is 19.8 Å². The third kappa shape index (κ3) is 4.55. The Balaban J connectivity index is 1.58. The molecule has 1 aliphatic heterocycles. The van der Waals surface area contributed by atoms with Crippen LogP contribution in [0.4, 0.5) is 0 Å². The van der Waals surface area contributed by atoms with Crippen molar-refractivity contribution >= 4 is 17.4 Å². The molecule has 1 unspecified atom stereocenters. The average Bonchev–Trinajstić information content (AvgIpc) is 3.11. The molecule has 25 heavy (non-hydrogen) atoms. The second-order valence-electron chi connectivity index (χ2n) is 6.30. The van der Waals surface area contributed by atoms with E-state index in [0.717, 1.165) is 50.3 Å². The van der Waals surface area contributed by atoms with Crippen LogP contribution in [0.1, 0.15) is 40.7 Å². The highest BCUT2D eigenvalue weighted by atomic mass is 32.1. The van der Waals surface area contributed by atoms with E-state index in [1.165, 1.54) is 17.1 Å². The molecule has 0 spiro atoms. The van der Waals surface area contributed by atoms with Crippen LogP contribution in [-0.4, -0.2) is 46.6 Å². The fourth-order valence-electron chi connectivity index (χ4n) is 3.21. The van der Waals surface area contributed by atoms with Gasteiger partial charge in [0.2, 0.25) is 0 Å². The second kappa shape index (κ2) is 8.40. The molecular weight excluding hydrogens is 336 g/mol. The Morgan fingerprint density at radius 2 is 2.36 bits per heavy atom. The van der Waals surface area contributed by atoms with Gasteiger partial charge in [0.1, 0.15) is 10.6 Å². The van der Waals surface area contributed by atoms with E-state index in [1.807, 2.05) is 19.1 Å². The lowest BCUT2D eigenvalue weighted by Crippen LogP contribution is -2.47. The van der Waals surface area contributed by atoms with Gasteiger partial charge < -0.3 is 10.1 Å². The number of carbonyl (C=O) groups excluding carboxylic acids is 1. The van der Waals surface area contributed by atoms with Gasteiger partial charge in [0.05, 0.1) is 12.8 Å². The number of rotatable bonds is 6. The van der Waals surface area contributed by atoms with Crippen molar-refractivity contribution in [1.29, 1.82) is 0 Å². The Bertz CT molecular complexity index is 719. The Morgan fingerprint density at radius 1 is 1.48 bits per heavy atom. The third-order valence-corrected chi connectivity index (χ3v) is 5.24. The molecule has 1 saturated heterocycles. The molecule has 0 bridgehead atoms. The number of aryl methyl sites for hydroxylation is 1. The zero-order valence-electron chi connectivity index (χ0n) is 14.7. The van der Waals surface area contributed by atoms with E-state index >= 15 is 0 Å². The van der Waals surface area contributed by atoms with Crippen LogP contribution in [0, 0.1) is 0 Å². The molecule has 0 saturated carbocycles. The van der Waals surface area contributed by atoms with Gasteiger partial charge in [-0.2, -0.15) is 0 Å². The Morgan fingerprint density at radius 3 is 3.16 bits per heavy atom. The molecule has 6 nitrogen and oxygen atoms in total. The number of nitrogens with zero attached hydrogens (tertiary/aromatic N) is 3. The van der Waals surface area contributed by atoms with Crippen LogP contribution in [0.3, 0.4) is 0 Å². The molecule has 1 fully saturated rings. The van der Waals surface area contributed by atoms with Gasteiger partial charge in [0.25, 0.3) is 5.91 Å². The average molecular weight is 360 g/mol. The Kier molecular flexibility index (Phi) is 5.99. The number of benzene rings is 1. The smallest absolute Gasteiger partial charge is 0.265 e. The van der Waals surface area contributed by atoms with Crippen molar-refractivity contribution in [3.63, 3.8) is 0 Å². The predicted molar refractivity (Wildman–Crippen MR) is 98.0 cm³/mol. The van der Waals surface area contributed by atoms with Crippen LogP contribution in [0.15, 0.2) is 24.3 Å². The van der Waals surface area contributed by atoms with E-state index in [-0.39, 0.29) is 11.9 Å². The number of carbonyl (C=O) groups is 1. The minimum absolute atomic E-state index is 0.0416. The largest absolute Gasteiger partial charge is 0.497 e. The normalized spacial score (nSPS) is 18.1. The molecule has 0 radical (unpaired) electrons. The number of aromatic nitrogens is 2. The Hall–Kier alpha value is -1.99. The molecule has 134 valence electrons. The van der Waals surface area contributed by atoms with Gasteiger partial charge >= 0.3 is 0 Å². The number of methoxy groups -OCH3 is 1. The molecule has 1 aromatic carbocycles. The number of amides is 1. The van der Waals surface area contributed by atoms with Gasteiger partial charge in [-0.25, -0.2) is 0 Å². The monoisotopic (exact) mass is 360 g/mol. The number of likely N-dealkylation sites (tertiary alicyclic amines) is 1. The summed E-state index contributed by atoms with van der Waals surface area (Å²) in [4.78, 5) is 15.5. The Labute approximate surface area is 152 Å². The van der Waals surface area contributed by atoms with Crippen molar-refractivity contribution < 1.29 is 9.53 Å². The lowest BCUT2D eigenvalue weighted by atomic mass is 10.0. The lowest BCUT2D eigenvalue weighted by Gasteiger charge is -2.33. The summed E-state index contributed by atoms with van der Waals surface area (Å²) in [6.45, 7) is 4.76. The molecule has 0 aliphatic carbocycles. The van der Waals surface area contributed by atoms with Crippen molar-refractivity contribution in [3.05, 3.63) is 40.4 Å². The molecule has 1 N–H and O–H groups in total.